The van der Waals surface area contributed by atoms with Crippen LogP contribution in [-0.4, -0.2) is 22.6 Å². The first-order chi connectivity index (χ1) is 9.52. The zero-order chi connectivity index (χ0) is 14.5. The molecule has 0 saturated heterocycles. The molecule has 2 aromatic rings. The Balaban J connectivity index is 1.90. The standard InChI is InChI=1S/C15H19N3O2/c1-10-4-6-13(7-5-10)20-9-11(2)16-14-8-15(19)18-12(3)17-14/h4-8,11H,9H2,1-3H3,(H2,16,17,18,19). The lowest BCUT2D eigenvalue weighted by atomic mass is 10.2. The molecule has 1 unspecified atom stereocenters. The molecule has 0 fully saturated rings. The van der Waals surface area contributed by atoms with Gasteiger partial charge in [0.05, 0.1) is 6.04 Å². The molecular weight excluding hydrogens is 254 g/mol. The van der Waals surface area contributed by atoms with Crippen molar-refractivity contribution >= 4 is 5.82 Å². The third-order valence-corrected chi connectivity index (χ3v) is 2.78. The quantitative estimate of drug-likeness (QED) is 0.877. The fourth-order valence-electron chi connectivity index (χ4n) is 1.80. The van der Waals surface area contributed by atoms with E-state index in [1.165, 1.54) is 11.6 Å². The van der Waals surface area contributed by atoms with Crippen molar-refractivity contribution in [1.29, 1.82) is 0 Å². The summed E-state index contributed by atoms with van der Waals surface area (Å²) in [6.07, 6.45) is 0. The van der Waals surface area contributed by atoms with Crippen LogP contribution < -0.4 is 15.6 Å². The molecule has 2 N–H and O–H groups in total. The molecule has 0 aliphatic heterocycles. The topological polar surface area (TPSA) is 67.0 Å². The summed E-state index contributed by atoms with van der Waals surface area (Å²) in [7, 11) is 0. The summed E-state index contributed by atoms with van der Waals surface area (Å²) >= 11 is 0. The van der Waals surface area contributed by atoms with E-state index in [4.69, 9.17) is 4.74 Å². The largest absolute Gasteiger partial charge is 0.491 e. The molecule has 20 heavy (non-hydrogen) atoms. The van der Waals surface area contributed by atoms with Crippen molar-refractivity contribution in [2.45, 2.75) is 26.8 Å². The molecule has 0 aliphatic carbocycles. The third kappa shape index (κ3) is 4.12. The summed E-state index contributed by atoms with van der Waals surface area (Å²) in [5, 5.41) is 3.15. The molecule has 5 heteroatoms. The molecule has 0 aliphatic rings. The van der Waals surface area contributed by atoms with E-state index < -0.39 is 0 Å². The number of anilines is 1. The summed E-state index contributed by atoms with van der Waals surface area (Å²) in [6.45, 7) is 6.26. The van der Waals surface area contributed by atoms with Crippen molar-refractivity contribution in [3.05, 3.63) is 52.1 Å². The van der Waals surface area contributed by atoms with Crippen molar-refractivity contribution in [3.63, 3.8) is 0 Å². The first-order valence-corrected chi connectivity index (χ1v) is 6.57. The number of hydrogen-bond acceptors (Lipinski definition) is 4. The number of nitrogens with one attached hydrogen (secondary N) is 2. The zero-order valence-electron chi connectivity index (χ0n) is 11.9. The molecule has 0 radical (unpaired) electrons. The fourth-order valence-corrected chi connectivity index (χ4v) is 1.80. The van der Waals surface area contributed by atoms with Crippen molar-refractivity contribution in [3.8, 4) is 5.75 Å². The maximum Gasteiger partial charge on any atom is 0.252 e. The van der Waals surface area contributed by atoms with Crippen LogP contribution >= 0.6 is 0 Å². The molecule has 0 amide bonds. The molecule has 1 aromatic heterocycles. The van der Waals surface area contributed by atoms with Crippen LogP contribution in [0.25, 0.3) is 0 Å². The molecule has 106 valence electrons. The van der Waals surface area contributed by atoms with Gasteiger partial charge in [-0.2, -0.15) is 0 Å². The van der Waals surface area contributed by atoms with Crippen molar-refractivity contribution in [2.24, 2.45) is 0 Å². The Labute approximate surface area is 118 Å². The maximum absolute atomic E-state index is 11.3. The molecule has 5 nitrogen and oxygen atoms in total. The molecule has 1 atom stereocenters. The predicted molar refractivity (Wildman–Crippen MR) is 79.4 cm³/mol. The smallest absolute Gasteiger partial charge is 0.252 e. The molecule has 0 saturated carbocycles. The van der Waals surface area contributed by atoms with Crippen molar-refractivity contribution in [2.75, 3.05) is 11.9 Å². The Morgan fingerprint density at radius 3 is 2.65 bits per heavy atom. The molecular formula is C15H19N3O2. The van der Waals surface area contributed by atoms with Gasteiger partial charge in [0.15, 0.2) is 0 Å². The van der Waals surface area contributed by atoms with Crippen LogP contribution in [0.2, 0.25) is 0 Å². The second kappa shape index (κ2) is 6.23. The Morgan fingerprint density at radius 1 is 1.30 bits per heavy atom. The van der Waals surface area contributed by atoms with E-state index in [0.717, 1.165) is 5.75 Å². The summed E-state index contributed by atoms with van der Waals surface area (Å²) in [4.78, 5) is 18.2. The highest BCUT2D eigenvalue weighted by atomic mass is 16.5. The molecule has 2 rings (SSSR count). The number of nitrogens with zero attached hydrogens (tertiary/aromatic N) is 1. The summed E-state index contributed by atoms with van der Waals surface area (Å²) in [5.41, 5.74) is 1.04. The zero-order valence-corrected chi connectivity index (χ0v) is 11.9. The number of H-pyrrole nitrogens is 1. The van der Waals surface area contributed by atoms with Crippen LogP contribution in [-0.2, 0) is 0 Å². The summed E-state index contributed by atoms with van der Waals surface area (Å²) in [5.74, 6) is 1.98. The van der Waals surface area contributed by atoms with Crippen LogP contribution in [0.5, 0.6) is 5.75 Å². The van der Waals surface area contributed by atoms with Gasteiger partial charge < -0.3 is 15.0 Å². The number of aryl methyl sites for hydroxylation is 2. The van der Waals surface area contributed by atoms with Crippen LogP contribution in [0, 0.1) is 13.8 Å². The fraction of sp³-hybridized carbons (Fsp3) is 0.333. The number of ether oxygens (including phenoxy) is 1. The van der Waals surface area contributed by atoms with E-state index in [0.29, 0.717) is 18.2 Å². The number of aromatic nitrogens is 2. The van der Waals surface area contributed by atoms with Crippen LogP contribution in [0.15, 0.2) is 35.1 Å². The van der Waals surface area contributed by atoms with Gasteiger partial charge in [-0.15, -0.1) is 0 Å². The van der Waals surface area contributed by atoms with Crippen LogP contribution in [0.4, 0.5) is 5.82 Å². The highest BCUT2D eigenvalue weighted by Crippen LogP contribution is 2.12. The Morgan fingerprint density at radius 2 is 2.00 bits per heavy atom. The predicted octanol–water partition coefficient (Wildman–Crippen LogP) is 2.27. The van der Waals surface area contributed by atoms with E-state index in [1.54, 1.807) is 6.92 Å². The number of hydrogen-bond donors (Lipinski definition) is 2. The first kappa shape index (κ1) is 14.1. The molecule has 0 bridgehead atoms. The number of aromatic amines is 1. The molecule has 1 heterocycles. The summed E-state index contributed by atoms with van der Waals surface area (Å²) in [6, 6.07) is 9.39. The maximum atomic E-state index is 11.3. The average Bonchev–Trinajstić information content (AvgIpc) is 2.37. The van der Waals surface area contributed by atoms with Crippen LogP contribution in [0.1, 0.15) is 18.3 Å². The average molecular weight is 273 g/mol. The second-order valence-corrected chi connectivity index (χ2v) is 4.89. The van der Waals surface area contributed by atoms with Gasteiger partial charge in [0.25, 0.3) is 5.56 Å². The highest BCUT2D eigenvalue weighted by Gasteiger charge is 2.05. The van der Waals surface area contributed by atoms with E-state index in [2.05, 4.69) is 15.3 Å². The minimum Gasteiger partial charge on any atom is -0.491 e. The first-order valence-electron chi connectivity index (χ1n) is 6.57. The Hall–Kier alpha value is -2.30. The van der Waals surface area contributed by atoms with E-state index in [1.807, 2.05) is 38.1 Å². The minimum absolute atomic E-state index is 0.0463. The second-order valence-electron chi connectivity index (χ2n) is 4.89. The van der Waals surface area contributed by atoms with E-state index in [9.17, 15) is 4.79 Å². The lowest BCUT2D eigenvalue weighted by Crippen LogP contribution is -2.25. The Bertz CT molecular complexity index is 620. The molecule has 1 aromatic carbocycles. The van der Waals surface area contributed by atoms with Gasteiger partial charge >= 0.3 is 0 Å². The lowest BCUT2D eigenvalue weighted by Gasteiger charge is -2.15. The minimum atomic E-state index is -0.161. The summed E-state index contributed by atoms with van der Waals surface area (Å²) < 4.78 is 5.68. The normalized spacial score (nSPS) is 11.9. The third-order valence-electron chi connectivity index (χ3n) is 2.78. The van der Waals surface area contributed by atoms with Gasteiger partial charge in [-0.25, -0.2) is 4.98 Å². The van der Waals surface area contributed by atoms with Gasteiger partial charge in [-0.1, -0.05) is 17.7 Å². The van der Waals surface area contributed by atoms with Gasteiger partial charge in [0.1, 0.15) is 24.0 Å². The SMILES string of the molecule is Cc1ccc(OCC(C)Nc2cc(=O)[nH]c(C)n2)cc1. The number of benzene rings is 1. The van der Waals surface area contributed by atoms with Crippen molar-refractivity contribution < 1.29 is 4.74 Å². The molecule has 0 spiro atoms. The van der Waals surface area contributed by atoms with Crippen LogP contribution in [0.3, 0.4) is 0 Å². The number of rotatable bonds is 5. The van der Waals surface area contributed by atoms with Gasteiger partial charge in [0.2, 0.25) is 0 Å². The van der Waals surface area contributed by atoms with Gasteiger partial charge in [-0.3, -0.25) is 4.79 Å². The Kier molecular flexibility index (Phi) is 4.40. The lowest BCUT2D eigenvalue weighted by molar-refractivity contribution is 0.303. The van der Waals surface area contributed by atoms with E-state index >= 15 is 0 Å². The highest BCUT2D eigenvalue weighted by molar-refractivity contribution is 5.34. The van der Waals surface area contributed by atoms with Gasteiger partial charge in [-0.05, 0) is 32.9 Å². The van der Waals surface area contributed by atoms with Gasteiger partial charge in [0, 0.05) is 6.07 Å². The van der Waals surface area contributed by atoms with E-state index in [-0.39, 0.29) is 11.6 Å². The van der Waals surface area contributed by atoms with Crippen molar-refractivity contribution in [1.82, 2.24) is 9.97 Å². The monoisotopic (exact) mass is 273 g/mol.